The molecule has 0 spiro atoms. The maximum atomic E-state index is 13.4. The number of aromatic nitrogens is 1. The summed E-state index contributed by atoms with van der Waals surface area (Å²) in [5.41, 5.74) is 3.29. The van der Waals surface area contributed by atoms with Gasteiger partial charge in [-0.2, -0.15) is 0 Å². The molecule has 1 fully saturated rings. The van der Waals surface area contributed by atoms with Crippen molar-refractivity contribution >= 4 is 11.8 Å². The first-order valence-corrected chi connectivity index (χ1v) is 11.1. The molecule has 2 atom stereocenters. The summed E-state index contributed by atoms with van der Waals surface area (Å²) >= 11 is 0. The van der Waals surface area contributed by atoms with E-state index in [0.29, 0.717) is 24.6 Å². The molecule has 0 aliphatic carbocycles. The number of nitrogens with one attached hydrogen (secondary N) is 1. The van der Waals surface area contributed by atoms with Crippen molar-refractivity contribution < 1.29 is 14.0 Å². The number of oxazole rings is 1. The average Bonchev–Trinajstić information content (AvgIpc) is 3.50. The normalized spacial score (nSPS) is 16.8. The molecule has 1 aliphatic heterocycles. The molecule has 1 aliphatic rings. The van der Waals surface area contributed by atoms with Crippen molar-refractivity contribution in [1.29, 1.82) is 0 Å². The second-order valence-electron chi connectivity index (χ2n) is 8.56. The maximum absolute atomic E-state index is 13.4. The maximum Gasteiger partial charge on any atom is 0.243 e. The van der Waals surface area contributed by atoms with E-state index in [1.165, 1.54) is 18.2 Å². The van der Waals surface area contributed by atoms with Crippen LogP contribution in [-0.2, 0) is 16.0 Å². The Balaban J connectivity index is 1.53. The monoisotopic (exact) mass is 431 g/mol. The first-order chi connectivity index (χ1) is 15.5. The summed E-state index contributed by atoms with van der Waals surface area (Å²) in [6.07, 6.45) is 4.42. The highest BCUT2D eigenvalue weighted by molar-refractivity contribution is 5.89. The lowest BCUT2D eigenvalue weighted by Crippen LogP contribution is -2.47. The van der Waals surface area contributed by atoms with Gasteiger partial charge in [-0.15, -0.1) is 0 Å². The van der Waals surface area contributed by atoms with Gasteiger partial charge >= 0.3 is 0 Å². The average molecular weight is 432 g/mol. The van der Waals surface area contributed by atoms with Gasteiger partial charge in [-0.3, -0.25) is 9.59 Å². The Morgan fingerprint density at radius 2 is 1.75 bits per heavy atom. The van der Waals surface area contributed by atoms with Gasteiger partial charge in [0.05, 0.1) is 18.7 Å². The van der Waals surface area contributed by atoms with Crippen LogP contribution >= 0.6 is 0 Å². The Labute approximate surface area is 188 Å². The van der Waals surface area contributed by atoms with Crippen LogP contribution in [0.1, 0.15) is 61.1 Å². The fourth-order valence-corrected chi connectivity index (χ4v) is 4.23. The van der Waals surface area contributed by atoms with Gasteiger partial charge in [0, 0.05) is 6.54 Å². The van der Waals surface area contributed by atoms with Gasteiger partial charge in [-0.05, 0) is 35.4 Å². The number of benzene rings is 2. The van der Waals surface area contributed by atoms with Gasteiger partial charge in [-0.1, -0.05) is 68.4 Å². The first-order valence-electron chi connectivity index (χ1n) is 11.1. The summed E-state index contributed by atoms with van der Waals surface area (Å²) in [6, 6.07) is 17.6. The predicted octanol–water partition coefficient (Wildman–Crippen LogP) is 4.24. The van der Waals surface area contributed by atoms with Crippen LogP contribution in [0.25, 0.3) is 0 Å². The number of carbonyl (C=O) groups is 2. The second-order valence-corrected chi connectivity index (χ2v) is 8.56. The number of likely N-dealkylation sites (tertiary alicyclic amines) is 1. The van der Waals surface area contributed by atoms with Gasteiger partial charge < -0.3 is 14.6 Å². The molecule has 1 saturated heterocycles. The van der Waals surface area contributed by atoms with Crippen molar-refractivity contribution in [3.8, 4) is 0 Å². The van der Waals surface area contributed by atoms with E-state index in [9.17, 15) is 9.59 Å². The van der Waals surface area contributed by atoms with E-state index < -0.39 is 6.04 Å². The molecule has 32 heavy (non-hydrogen) atoms. The lowest BCUT2D eigenvalue weighted by atomic mass is 9.95. The highest BCUT2D eigenvalue weighted by Crippen LogP contribution is 2.26. The molecule has 0 radical (unpaired) electrons. The molecule has 166 valence electrons. The van der Waals surface area contributed by atoms with Crippen LogP contribution in [0.15, 0.2) is 71.6 Å². The summed E-state index contributed by atoms with van der Waals surface area (Å²) in [6.45, 7) is 4.90. The number of nitrogens with zero attached hydrogens (tertiary/aromatic N) is 2. The molecular formula is C26H29N3O3. The molecule has 6 heteroatoms. The van der Waals surface area contributed by atoms with Crippen molar-refractivity contribution in [3.05, 3.63) is 89.6 Å². The standard InChI is InChI=1S/C26H29N3O3/c1-18(2)19-10-12-21(13-11-19)25(20-7-4-3-5-8-20)28-26(31)23-9-6-14-29(23)24(30)15-22-16-27-17-32-22/h3-5,7-8,10-13,16-18,23,25H,6,9,14-15H2,1-2H3,(H,28,31)/t23-,25-/m0/s1. The van der Waals surface area contributed by atoms with E-state index in [1.54, 1.807) is 4.90 Å². The van der Waals surface area contributed by atoms with Crippen LogP contribution in [0, 0.1) is 0 Å². The SMILES string of the molecule is CC(C)c1ccc([C@@H](NC(=O)[C@@H]2CCCN2C(=O)Cc2cnco2)c2ccccc2)cc1. The predicted molar refractivity (Wildman–Crippen MR) is 122 cm³/mol. The van der Waals surface area contributed by atoms with Crippen molar-refractivity contribution in [2.45, 2.75) is 51.1 Å². The molecular weight excluding hydrogens is 402 g/mol. The Bertz CT molecular complexity index is 1030. The molecule has 0 saturated carbocycles. The van der Waals surface area contributed by atoms with Crippen LogP contribution in [0.2, 0.25) is 0 Å². The summed E-state index contributed by atoms with van der Waals surface area (Å²) < 4.78 is 5.21. The van der Waals surface area contributed by atoms with E-state index in [-0.39, 0.29) is 24.3 Å². The largest absolute Gasteiger partial charge is 0.448 e. The fourth-order valence-electron chi connectivity index (χ4n) is 4.23. The molecule has 6 nitrogen and oxygen atoms in total. The third-order valence-electron chi connectivity index (χ3n) is 6.04. The van der Waals surface area contributed by atoms with Crippen molar-refractivity contribution in [2.24, 2.45) is 0 Å². The number of hydrogen-bond acceptors (Lipinski definition) is 4. The minimum Gasteiger partial charge on any atom is -0.448 e. The van der Waals surface area contributed by atoms with Crippen LogP contribution in [0.3, 0.4) is 0 Å². The van der Waals surface area contributed by atoms with Crippen LogP contribution in [0.5, 0.6) is 0 Å². The zero-order chi connectivity index (χ0) is 22.5. The van der Waals surface area contributed by atoms with E-state index >= 15 is 0 Å². The molecule has 2 aromatic carbocycles. The quantitative estimate of drug-likeness (QED) is 0.607. The summed E-state index contributed by atoms with van der Waals surface area (Å²) in [4.78, 5) is 31.7. The Kier molecular flexibility index (Phi) is 6.69. The first kappa shape index (κ1) is 21.8. The van der Waals surface area contributed by atoms with Gasteiger partial charge in [0.25, 0.3) is 0 Å². The smallest absolute Gasteiger partial charge is 0.243 e. The zero-order valence-corrected chi connectivity index (χ0v) is 18.5. The molecule has 2 amide bonds. The highest BCUT2D eigenvalue weighted by atomic mass is 16.3. The third kappa shape index (κ3) is 4.90. The molecule has 3 aromatic rings. The molecule has 4 rings (SSSR count). The van der Waals surface area contributed by atoms with Gasteiger partial charge in [0.1, 0.15) is 11.8 Å². The zero-order valence-electron chi connectivity index (χ0n) is 18.5. The topological polar surface area (TPSA) is 75.4 Å². The van der Waals surface area contributed by atoms with E-state index in [2.05, 4.69) is 48.4 Å². The number of rotatable bonds is 7. The summed E-state index contributed by atoms with van der Waals surface area (Å²) in [5, 5.41) is 3.22. The molecule has 0 bridgehead atoms. The van der Waals surface area contributed by atoms with Crippen LogP contribution in [-0.4, -0.2) is 34.3 Å². The second kappa shape index (κ2) is 9.81. The lowest BCUT2D eigenvalue weighted by molar-refractivity contribution is -0.138. The molecule has 0 unspecified atom stereocenters. The fraction of sp³-hybridized carbons (Fsp3) is 0.346. The number of carbonyl (C=O) groups excluding carboxylic acids is 2. The minimum absolute atomic E-state index is 0.114. The van der Waals surface area contributed by atoms with Crippen LogP contribution < -0.4 is 5.32 Å². The van der Waals surface area contributed by atoms with E-state index in [4.69, 9.17) is 4.42 Å². The van der Waals surface area contributed by atoms with E-state index in [0.717, 1.165) is 17.5 Å². The van der Waals surface area contributed by atoms with Crippen LogP contribution in [0.4, 0.5) is 0 Å². The number of hydrogen-bond donors (Lipinski definition) is 1. The molecule has 1 aromatic heterocycles. The van der Waals surface area contributed by atoms with Crippen molar-refractivity contribution in [3.63, 3.8) is 0 Å². The number of amides is 2. The Morgan fingerprint density at radius 3 is 2.41 bits per heavy atom. The van der Waals surface area contributed by atoms with Gasteiger partial charge in [0.15, 0.2) is 6.39 Å². The lowest BCUT2D eigenvalue weighted by Gasteiger charge is -2.27. The molecule has 1 N–H and O–H groups in total. The van der Waals surface area contributed by atoms with Gasteiger partial charge in [0.2, 0.25) is 11.8 Å². The van der Waals surface area contributed by atoms with Crippen molar-refractivity contribution in [1.82, 2.24) is 15.2 Å². The molecule has 2 heterocycles. The van der Waals surface area contributed by atoms with Gasteiger partial charge in [-0.25, -0.2) is 4.98 Å². The Hall–Kier alpha value is -3.41. The Morgan fingerprint density at radius 1 is 1.06 bits per heavy atom. The summed E-state index contributed by atoms with van der Waals surface area (Å²) in [7, 11) is 0. The van der Waals surface area contributed by atoms with E-state index in [1.807, 2.05) is 30.3 Å². The summed E-state index contributed by atoms with van der Waals surface area (Å²) in [5.74, 6) is 0.705. The minimum atomic E-state index is -0.480. The highest BCUT2D eigenvalue weighted by Gasteiger charge is 2.35. The third-order valence-corrected chi connectivity index (χ3v) is 6.04. The van der Waals surface area contributed by atoms with Crippen molar-refractivity contribution in [2.75, 3.05) is 6.54 Å².